The second-order valence-electron chi connectivity index (χ2n) is 5.08. The van der Waals surface area contributed by atoms with Gasteiger partial charge in [-0.25, -0.2) is 4.99 Å². The molecule has 1 amide bonds. The molecular formula is C16H10N4O5S. The number of thioether (sulfide) groups is 1. The summed E-state index contributed by atoms with van der Waals surface area (Å²) in [5.74, 6) is -0.398. The van der Waals surface area contributed by atoms with Crippen molar-refractivity contribution in [3.63, 3.8) is 0 Å². The van der Waals surface area contributed by atoms with E-state index < -0.39 is 15.8 Å². The normalized spacial score (nSPS) is 16.7. The van der Waals surface area contributed by atoms with Gasteiger partial charge in [-0.1, -0.05) is 12.1 Å². The Morgan fingerprint density at radius 2 is 1.69 bits per heavy atom. The van der Waals surface area contributed by atoms with Gasteiger partial charge < -0.3 is 5.32 Å². The van der Waals surface area contributed by atoms with E-state index in [1.807, 2.05) is 0 Å². The predicted octanol–water partition coefficient (Wildman–Crippen LogP) is 3.39. The highest BCUT2D eigenvalue weighted by atomic mass is 32.2. The number of hydrogen-bond donors (Lipinski definition) is 1. The number of amidine groups is 1. The van der Waals surface area contributed by atoms with Crippen molar-refractivity contribution in [3.05, 3.63) is 79.2 Å². The van der Waals surface area contributed by atoms with E-state index in [1.54, 1.807) is 12.1 Å². The van der Waals surface area contributed by atoms with Crippen molar-refractivity contribution < 1.29 is 14.6 Å². The van der Waals surface area contributed by atoms with E-state index in [4.69, 9.17) is 0 Å². The number of nitrogens with one attached hydrogen (secondary N) is 1. The van der Waals surface area contributed by atoms with Crippen molar-refractivity contribution in [2.24, 2.45) is 4.99 Å². The standard InChI is InChI=1S/C16H10N4O5S/c21-15-14(9-10-5-7-11(8-6-10)19(22)23)26-16(18-15)17-12-3-1-2-4-13(12)20(24)25/h1-9H,(H,17,18,21)/b14-9-. The van der Waals surface area contributed by atoms with E-state index in [0.717, 1.165) is 11.8 Å². The van der Waals surface area contributed by atoms with Crippen molar-refractivity contribution in [3.8, 4) is 0 Å². The molecule has 10 heteroatoms. The largest absolute Gasteiger partial charge is 0.300 e. The predicted molar refractivity (Wildman–Crippen MR) is 97.0 cm³/mol. The molecule has 0 atom stereocenters. The average Bonchev–Trinajstić information content (AvgIpc) is 2.95. The number of carbonyl (C=O) groups is 1. The second-order valence-corrected chi connectivity index (χ2v) is 6.11. The van der Waals surface area contributed by atoms with Crippen LogP contribution in [0.2, 0.25) is 0 Å². The zero-order chi connectivity index (χ0) is 18.7. The van der Waals surface area contributed by atoms with Gasteiger partial charge in [0.15, 0.2) is 5.17 Å². The zero-order valence-electron chi connectivity index (χ0n) is 13.0. The zero-order valence-corrected chi connectivity index (χ0v) is 13.8. The fraction of sp³-hybridized carbons (Fsp3) is 0. The summed E-state index contributed by atoms with van der Waals surface area (Å²) >= 11 is 1.03. The Morgan fingerprint density at radius 1 is 1.00 bits per heavy atom. The summed E-state index contributed by atoms with van der Waals surface area (Å²) in [5.41, 5.74) is 0.536. The number of hydrogen-bond acceptors (Lipinski definition) is 7. The lowest BCUT2D eigenvalue weighted by atomic mass is 10.2. The number of benzene rings is 2. The van der Waals surface area contributed by atoms with Crippen LogP contribution in [0.25, 0.3) is 6.08 Å². The van der Waals surface area contributed by atoms with E-state index >= 15 is 0 Å². The van der Waals surface area contributed by atoms with Crippen LogP contribution < -0.4 is 5.32 Å². The maximum Gasteiger partial charge on any atom is 0.294 e. The van der Waals surface area contributed by atoms with Crippen LogP contribution in [0.3, 0.4) is 0 Å². The quantitative estimate of drug-likeness (QED) is 0.499. The molecule has 0 spiro atoms. The Hall–Kier alpha value is -3.53. The molecule has 9 nitrogen and oxygen atoms in total. The van der Waals surface area contributed by atoms with Gasteiger partial charge >= 0.3 is 0 Å². The molecule has 2 aromatic carbocycles. The van der Waals surface area contributed by atoms with E-state index in [-0.39, 0.29) is 22.2 Å². The van der Waals surface area contributed by atoms with Crippen LogP contribution >= 0.6 is 11.8 Å². The van der Waals surface area contributed by atoms with Crippen LogP contribution in [-0.4, -0.2) is 20.9 Å². The van der Waals surface area contributed by atoms with Crippen molar-refractivity contribution in [2.75, 3.05) is 0 Å². The summed E-state index contributed by atoms with van der Waals surface area (Å²) in [6.07, 6.45) is 1.56. The molecule has 3 rings (SSSR count). The number of aliphatic imine (C=N–C) groups is 1. The highest BCUT2D eigenvalue weighted by Crippen LogP contribution is 2.32. The first-order valence-electron chi connectivity index (χ1n) is 7.21. The van der Waals surface area contributed by atoms with Gasteiger partial charge in [0.05, 0.1) is 14.8 Å². The van der Waals surface area contributed by atoms with Gasteiger partial charge in [0.2, 0.25) is 0 Å². The molecule has 26 heavy (non-hydrogen) atoms. The molecule has 1 heterocycles. The van der Waals surface area contributed by atoms with Crippen LogP contribution in [0, 0.1) is 20.2 Å². The third kappa shape index (κ3) is 3.75. The molecule has 0 radical (unpaired) electrons. The van der Waals surface area contributed by atoms with E-state index in [2.05, 4.69) is 10.3 Å². The van der Waals surface area contributed by atoms with Gasteiger partial charge in [-0.2, -0.15) is 0 Å². The summed E-state index contributed by atoms with van der Waals surface area (Å²) in [7, 11) is 0. The fourth-order valence-electron chi connectivity index (χ4n) is 2.15. The lowest BCUT2D eigenvalue weighted by Gasteiger charge is -1.98. The number of para-hydroxylation sites is 2. The van der Waals surface area contributed by atoms with Crippen molar-refractivity contribution in [2.45, 2.75) is 0 Å². The van der Waals surface area contributed by atoms with Gasteiger partial charge in [-0.15, -0.1) is 0 Å². The minimum Gasteiger partial charge on any atom is -0.300 e. The van der Waals surface area contributed by atoms with Crippen molar-refractivity contribution >= 4 is 46.0 Å². The number of nitrogens with zero attached hydrogens (tertiary/aromatic N) is 3. The van der Waals surface area contributed by atoms with E-state index in [0.29, 0.717) is 10.5 Å². The molecule has 1 N–H and O–H groups in total. The lowest BCUT2D eigenvalue weighted by Crippen LogP contribution is -2.19. The molecular weight excluding hydrogens is 360 g/mol. The van der Waals surface area contributed by atoms with Gasteiger partial charge in [-0.3, -0.25) is 25.0 Å². The molecule has 0 saturated carbocycles. The lowest BCUT2D eigenvalue weighted by molar-refractivity contribution is -0.384. The van der Waals surface area contributed by atoms with Crippen LogP contribution in [0.4, 0.5) is 17.1 Å². The number of non-ortho nitro benzene ring substituents is 1. The number of amides is 1. The Labute approximate surface area is 150 Å². The molecule has 130 valence electrons. The summed E-state index contributed by atoms with van der Waals surface area (Å²) in [4.78, 5) is 37.1. The molecule has 1 fully saturated rings. The molecule has 2 aromatic rings. The summed E-state index contributed by atoms with van der Waals surface area (Å²) in [6, 6.07) is 11.7. The van der Waals surface area contributed by atoms with E-state index in [9.17, 15) is 25.0 Å². The Kier molecular flexibility index (Phi) is 4.76. The van der Waals surface area contributed by atoms with Gasteiger partial charge in [0.1, 0.15) is 5.69 Å². The summed E-state index contributed by atoms with van der Waals surface area (Å²) in [5, 5.41) is 24.4. The monoisotopic (exact) mass is 370 g/mol. The number of carbonyl (C=O) groups excluding carboxylic acids is 1. The number of rotatable bonds is 4. The van der Waals surface area contributed by atoms with E-state index in [1.165, 1.54) is 42.5 Å². The molecule has 0 unspecified atom stereocenters. The highest BCUT2D eigenvalue weighted by Gasteiger charge is 2.25. The first kappa shape index (κ1) is 17.3. The second kappa shape index (κ2) is 7.15. The maximum absolute atomic E-state index is 12.1. The summed E-state index contributed by atoms with van der Waals surface area (Å²) in [6.45, 7) is 0. The minimum absolute atomic E-state index is 0.0469. The SMILES string of the molecule is O=C1NC(=Nc2ccccc2[N+](=O)[O-])S/C1=C\c1ccc([N+](=O)[O-])cc1. The van der Waals surface area contributed by atoms with Gasteiger partial charge in [-0.05, 0) is 41.6 Å². The first-order chi connectivity index (χ1) is 12.4. The minimum atomic E-state index is -0.547. The first-order valence-corrected chi connectivity index (χ1v) is 8.03. The highest BCUT2D eigenvalue weighted by molar-refractivity contribution is 8.18. The molecule has 0 bridgehead atoms. The molecule has 1 aliphatic rings. The van der Waals surface area contributed by atoms with Crippen LogP contribution in [0.5, 0.6) is 0 Å². The average molecular weight is 370 g/mol. The molecule has 1 saturated heterocycles. The molecule has 0 aromatic heterocycles. The third-order valence-corrected chi connectivity index (χ3v) is 4.26. The Balaban J connectivity index is 1.85. The number of nitro benzene ring substituents is 2. The third-order valence-electron chi connectivity index (χ3n) is 3.35. The van der Waals surface area contributed by atoms with Gasteiger partial charge in [0, 0.05) is 18.2 Å². The molecule has 1 aliphatic heterocycles. The van der Waals surface area contributed by atoms with Crippen LogP contribution in [0.15, 0.2) is 58.4 Å². The van der Waals surface area contributed by atoms with Crippen molar-refractivity contribution in [1.82, 2.24) is 5.32 Å². The van der Waals surface area contributed by atoms with Crippen LogP contribution in [0.1, 0.15) is 5.56 Å². The Bertz CT molecular complexity index is 969. The fourth-order valence-corrected chi connectivity index (χ4v) is 2.98. The van der Waals surface area contributed by atoms with Crippen LogP contribution in [-0.2, 0) is 4.79 Å². The Morgan fingerprint density at radius 3 is 2.35 bits per heavy atom. The van der Waals surface area contributed by atoms with Crippen molar-refractivity contribution in [1.29, 1.82) is 0 Å². The van der Waals surface area contributed by atoms with Gasteiger partial charge in [0.25, 0.3) is 17.3 Å². The topological polar surface area (TPSA) is 128 Å². The number of nitro groups is 2. The smallest absolute Gasteiger partial charge is 0.294 e. The summed E-state index contributed by atoms with van der Waals surface area (Å²) < 4.78 is 0. The molecule has 0 aliphatic carbocycles. The maximum atomic E-state index is 12.1.